The molecule has 0 aliphatic carbocycles. The first-order valence-corrected chi connectivity index (χ1v) is 10.00. The predicted molar refractivity (Wildman–Crippen MR) is 116 cm³/mol. The van der Waals surface area contributed by atoms with Crippen LogP contribution in [-0.4, -0.2) is 15.0 Å². The zero-order valence-corrected chi connectivity index (χ0v) is 17.1. The van der Waals surface area contributed by atoms with Crippen molar-refractivity contribution in [1.82, 2.24) is 15.0 Å². The Bertz CT molecular complexity index is 1050. The predicted octanol–water partition coefficient (Wildman–Crippen LogP) is 6.21. The molecule has 0 aliphatic heterocycles. The highest BCUT2D eigenvalue weighted by Gasteiger charge is 2.15. The van der Waals surface area contributed by atoms with Crippen LogP contribution in [0.15, 0.2) is 85.1 Å². The Morgan fingerprint density at radius 2 is 1.48 bits per heavy atom. The van der Waals surface area contributed by atoms with Crippen molar-refractivity contribution in [2.45, 2.75) is 19.3 Å². The number of hydrogen-bond acceptors (Lipinski definition) is 3. The van der Waals surface area contributed by atoms with E-state index >= 15 is 0 Å². The van der Waals surface area contributed by atoms with Gasteiger partial charge in [-0.1, -0.05) is 83.0 Å². The van der Waals surface area contributed by atoms with E-state index in [0.717, 1.165) is 22.4 Å². The Labute approximate surface area is 179 Å². The topological polar surface area (TPSA) is 39.9 Å². The van der Waals surface area contributed by atoms with Gasteiger partial charge in [0.15, 0.2) is 0 Å². The summed E-state index contributed by atoms with van der Waals surface area (Å²) in [6.45, 7) is 1.000. The number of hydrogen-bond donors (Lipinski definition) is 0. The molecule has 0 radical (unpaired) electrons. The zero-order valence-electron chi connectivity index (χ0n) is 15.6. The number of nitrogens with zero attached hydrogens (tertiary/aromatic N) is 3. The summed E-state index contributed by atoms with van der Waals surface area (Å²) in [6.07, 6.45) is 1.73. The SMILES string of the molecule is Clc1ccc(COC(Cn2cc(-c3ccccc3)nn2)c2ccc(Cl)cc2)cc1. The molecule has 1 unspecified atom stereocenters. The molecule has 1 heterocycles. The molecule has 0 N–H and O–H groups in total. The summed E-state index contributed by atoms with van der Waals surface area (Å²) >= 11 is 12.0. The van der Waals surface area contributed by atoms with Gasteiger partial charge in [-0.05, 0) is 35.4 Å². The summed E-state index contributed by atoms with van der Waals surface area (Å²) in [7, 11) is 0. The van der Waals surface area contributed by atoms with Gasteiger partial charge in [0.1, 0.15) is 11.8 Å². The average Bonchev–Trinajstić information content (AvgIpc) is 3.22. The largest absolute Gasteiger partial charge is 0.367 e. The van der Waals surface area contributed by atoms with Crippen molar-refractivity contribution in [1.29, 1.82) is 0 Å². The van der Waals surface area contributed by atoms with Crippen LogP contribution in [0.3, 0.4) is 0 Å². The van der Waals surface area contributed by atoms with Crippen LogP contribution in [0.5, 0.6) is 0 Å². The van der Waals surface area contributed by atoms with E-state index in [4.69, 9.17) is 27.9 Å². The molecule has 0 bridgehead atoms. The van der Waals surface area contributed by atoms with Crippen molar-refractivity contribution in [2.24, 2.45) is 0 Å². The van der Waals surface area contributed by atoms with E-state index in [2.05, 4.69) is 10.3 Å². The monoisotopic (exact) mass is 423 g/mol. The minimum Gasteiger partial charge on any atom is -0.367 e. The van der Waals surface area contributed by atoms with Crippen molar-refractivity contribution in [3.05, 3.63) is 106 Å². The van der Waals surface area contributed by atoms with Crippen molar-refractivity contribution in [3.63, 3.8) is 0 Å². The van der Waals surface area contributed by atoms with Crippen molar-refractivity contribution in [2.75, 3.05) is 0 Å². The second-order valence-corrected chi connectivity index (χ2v) is 7.54. The summed E-state index contributed by atoms with van der Waals surface area (Å²) in [6, 6.07) is 25.3. The Balaban J connectivity index is 1.53. The molecule has 0 saturated heterocycles. The van der Waals surface area contributed by atoms with E-state index in [0.29, 0.717) is 23.2 Å². The highest BCUT2D eigenvalue weighted by molar-refractivity contribution is 6.30. The number of benzene rings is 3. The normalized spacial score (nSPS) is 12.1. The molecule has 0 amide bonds. The fourth-order valence-corrected chi connectivity index (χ4v) is 3.26. The van der Waals surface area contributed by atoms with E-state index < -0.39 is 0 Å². The van der Waals surface area contributed by atoms with Crippen molar-refractivity contribution in [3.8, 4) is 11.3 Å². The zero-order chi connectivity index (χ0) is 20.1. The molecule has 4 nitrogen and oxygen atoms in total. The maximum Gasteiger partial charge on any atom is 0.113 e. The molecule has 0 saturated carbocycles. The first kappa shape index (κ1) is 19.6. The minimum atomic E-state index is -0.201. The van der Waals surface area contributed by atoms with Gasteiger partial charge in [0.2, 0.25) is 0 Å². The fraction of sp³-hybridized carbons (Fsp3) is 0.130. The van der Waals surface area contributed by atoms with E-state index in [1.54, 1.807) is 0 Å². The minimum absolute atomic E-state index is 0.201. The van der Waals surface area contributed by atoms with Crippen LogP contribution in [0.2, 0.25) is 10.0 Å². The van der Waals surface area contributed by atoms with E-state index in [1.807, 2.05) is 89.7 Å². The molecule has 1 atom stereocenters. The third-order valence-electron chi connectivity index (χ3n) is 4.57. The van der Waals surface area contributed by atoms with Crippen LogP contribution in [-0.2, 0) is 17.9 Å². The standard InChI is InChI=1S/C23H19Cl2N3O/c24-20-10-6-17(7-11-20)16-29-23(19-8-12-21(25)13-9-19)15-28-14-22(26-27-28)18-4-2-1-3-5-18/h1-14,23H,15-16H2. The second kappa shape index (κ2) is 9.23. The summed E-state index contributed by atoms with van der Waals surface area (Å²) < 4.78 is 8.05. The van der Waals surface area contributed by atoms with E-state index in [-0.39, 0.29) is 6.10 Å². The lowest BCUT2D eigenvalue weighted by Crippen LogP contribution is -2.13. The van der Waals surface area contributed by atoms with Gasteiger partial charge in [0.25, 0.3) is 0 Å². The second-order valence-electron chi connectivity index (χ2n) is 6.67. The van der Waals surface area contributed by atoms with Gasteiger partial charge in [-0.25, -0.2) is 4.68 Å². The Morgan fingerprint density at radius 3 is 2.17 bits per heavy atom. The van der Waals surface area contributed by atoms with Crippen molar-refractivity contribution < 1.29 is 4.74 Å². The molecule has 0 aliphatic rings. The lowest BCUT2D eigenvalue weighted by Gasteiger charge is -2.18. The summed E-state index contributed by atoms with van der Waals surface area (Å²) in [5, 5.41) is 9.98. The van der Waals surface area contributed by atoms with Crippen LogP contribution in [0, 0.1) is 0 Å². The quantitative estimate of drug-likeness (QED) is 0.354. The molecular weight excluding hydrogens is 405 g/mol. The molecule has 6 heteroatoms. The average molecular weight is 424 g/mol. The first-order valence-electron chi connectivity index (χ1n) is 9.24. The van der Waals surface area contributed by atoms with Crippen LogP contribution < -0.4 is 0 Å². The number of halogens is 2. The first-order chi connectivity index (χ1) is 14.2. The molecule has 4 rings (SSSR count). The maximum atomic E-state index is 6.24. The summed E-state index contributed by atoms with van der Waals surface area (Å²) in [4.78, 5) is 0. The number of aromatic nitrogens is 3. The van der Waals surface area contributed by atoms with Gasteiger partial charge in [-0.15, -0.1) is 5.10 Å². The smallest absolute Gasteiger partial charge is 0.113 e. The number of rotatable bonds is 7. The highest BCUT2D eigenvalue weighted by atomic mass is 35.5. The van der Waals surface area contributed by atoms with Gasteiger partial charge in [-0.2, -0.15) is 0 Å². The molecule has 0 fully saturated rings. The van der Waals surface area contributed by atoms with Crippen LogP contribution in [0.1, 0.15) is 17.2 Å². The van der Waals surface area contributed by atoms with Crippen LogP contribution in [0.4, 0.5) is 0 Å². The molecule has 29 heavy (non-hydrogen) atoms. The third-order valence-corrected chi connectivity index (χ3v) is 5.07. The molecule has 0 spiro atoms. The van der Waals surface area contributed by atoms with Crippen molar-refractivity contribution >= 4 is 23.2 Å². The summed E-state index contributed by atoms with van der Waals surface area (Å²) in [5.74, 6) is 0. The Hall–Kier alpha value is -2.66. The van der Waals surface area contributed by atoms with Gasteiger partial charge in [0.05, 0.1) is 19.3 Å². The Kier molecular flexibility index (Phi) is 6.25. The molecule has 1 aromatic heterocycles. The van der Waals surface area contributed by atoms with E-state index in [1.165, 1.54) is 0 Å². The highest BCUT2D eigenvalue weighted by Crippen LogP contribution is 2.24. The van der Waals surface area contributed by atoms with Gasteiger partial charge in [-0.3, -0.25) is 0 Å². The maximum absolute atomic E-state index is 6.24. The molecule has 146 valence electrons. The van der Waals surface area contributed by atoms with Crippen LogP contribution >= 0.6 is 23.2 Å². The lowest BCUT2D eigenvalue weighted by atomic mass is 10.1. The molecule has 3 aromatic carbocycles. The fourth-order valence-electron chi connectivity index (χ4n) is 3.01. The van der Waals surface area contributed by atoms with Gasteiger partial charge >= 0.3 is 0 Å². The van der Waals surface area contributed by atoms with E-state index in [9.17, 15) is 0 Å². The van der Waals surface area contributed by atoms with Gasteiger partial charge < -0.3 is 4.74 Å². The van der Waals surface area contributed by atoms with Crippen LogP contribution in [0.25, 0.3) is 11.3 Å². The number of ether oxygens (including phenoxy) is 1. The lowest BCUT2D eigenvalue weighted by molar-refractivity contribution is 0.0254. The molecule has 4 aromatic rings. The molecular formula is C23H19Cl2N3O. The summed E-state index contributed by atoms with van der Waals surface area (Å²) in [5.41, 5.74) is 3.94. The Morgan fingerprint density at radius 1 is 0.828 bits per heavy atom. The van der Waals surface area contributed by atoms with Gasteiger partial charge in [0, 0.05) is 15.6 Å². The third kappa shape index (κ3) is 5.24.